The van der Waals surface area contributed by atoms with Gasteiger partial charge in [0.05, 0.1) is 73.6 Å². The molecule has 7 heteroatoms. The Morgan fingerprint density at radius 1 is 0.391 bits per heavy atom. The van der Waals surface area contributed by atoms with Crippen molar-refractivity contribution in [3.8, 4) is 0 Å². The summed E-state index contributed by atoms with van der Waals surface area (Å²) >= 11 is 0. The minimum Gasteiger partial charge on any atom is -0.463 e. The monoisotopic (exact) mass is 654 g/mol. The van der Waals surface area contributed by atoms with Gasteiger partial charge in [-0.1, -0.05) is 13.8 Å². The van der Waals surface area contributed by atoms with Crippen LogP contribution in [-0.2, 0) is 9.47 Å². The zero-order chi connectivity index (χ0) is 35.0. The van der Waals surface area contributed by atoms with Gasteiger partial charge in [0, 0.05) is 78.4 Å². The molecule has 5 fully saturated rings. The van der Waals surface area contributed by atoms with Gasteiger partial charge in [-0.05, 0) is 54.4 Å². The number of rotatable bonds is 6. The number of quaternary nitrogens is 5. The number of hydrogen-bond acceptors (Lipinski definition) is 2. The van der Waals surface area contributed by atoms with Gasteiger partial charge in [0.2, 0.25) is 0 Å². The number of methoxy groups -OCH3 is 2. The zero-order valence-corrected chi connectivity index (χ0v) is 32.5. The maximum absolute atomic E-state index is 5.13. The lowest BCUT2D eigenvalue weighted by atomic mass is 10.1. The molecule has 13 atom stereocenters. The fourth-order valence-corrected chi connectivity index (χ4v) is 8.00. The topological polar surface area (TPSA) is 40.7 Å². The van der Waals surface area contributed by atoms with Crippen LogP contribution in [0.25, 0.3) is 0 Å². The van der Waals surface area contributed by atoms with Gasteiger partial charge in [0.1, 0.15) is 0 Å². The highest BCUT2D eigenvalue weighted by Crippen LogP contribution is 2.10. The van der Waals surface area contributed by atoms with E-state index in [1.165, 1.54) is 102 Å². The molecule has 0 saturated carbocycles. The van der Waals surface area contributed by atoms with E-state index < -0.39 is 0 Å². The Hall–Kier alpha value is -0.280. The second-order valence-electron chi connectivity index (χ2n) is 15.7. The van der Waals surface area contributed by atoms with E-state index in [-0.39, 0.29) is 0 Å². The van der Waals surface area contributed by atoms with Gasteiger partial charge in [-0.3, -0.25) is 0 Å². The maximum atomic E-state index is 5.13. The molecule has 0 aromatic heterocycles. The molecule has 3 unspecified atom stereocenters. The van der Waals surface area contributed by atoms with Crippen LogP contribution >= 0.6 is 0 Å². The summed E-state index contributed by atoms with van der Waals surface area (Å²) in [5, 5.41) is 0. The van der Waals surface area contributed by atoms with E-state index in [2.05, 4.69) is 90.6 Å². The van der Waals surface area contributed by atoms with Crippen LogP contribution in [0.4, 0.5) is 0 Å². The molecule has 5 saturated heterocycles. The predicted molar refractivity (Wildman–Crippen MR) is 194 cm³/mol. The smallest absolute Gasteiger partial charge is 0.0959 e. The molecule has 0 bridgehead atoms. The first-order chi connectivity index (χ1) is 21.7. The molecule has 0 amide bonds. The molecular weight excluding hydrogens is 570 g/mol. The van der Waals surface area contributed by atoms with Crippen LogP contribution in [0.5, 0.6) is 0 Å². The van der Waals surface area contributed by atoms with Crippen molar-refractivity contribution in [2.45, 2.75) is 193 Å². The van der Waals surface area contributed by atoms with Crippen LogP contribution in [0, 0.1) is 35.2 Å². The summed E-state index contributed by atoms with van der Waals surface area (Å²) in [6.07, 6.45) is 15.9. The Kier molecular flexibility index (Phi) is 22.0. The summed E-state index contributed by atoms with van der Waals surface area (Å²) in [5.74, 6) is 0. The van der Waals surface area contributed by atoms with E-state index in [1.54, 1.807) is 14.2 Å². The van der Waals surface area contributed by atoms with E-state index in [0.29, 0.717) is 12.1 Å². The molecular formula is C39H83N5O2. The summed E-state index contributed by atoms with van der Waals surface area (Å²) < 4.78 is 10.3. The number of nitrogens with one attached hydrogen (secondary N) is 5. The molecule has 46 heavy (non-hydrogen) atoms. The van der Waals surface area contributed by atoms with Gasteiger partial charge in [0.15, 0.2) is 0 Å². The summed E-state index contributed by atoms with van der Waals surface area (Å²) in [7, 11) is 23.8. The van der Waals surface area contributed by atoms with Crippen molar-refractivity contribution in [1.29, 1.82) is 0 Å². The van der Waals surface area contributed by atoms with E-state index in [9.17, 15) is 0 Å². The lowest BCUT2D eigenvalue weighted by Gasteiger charge is -2.28. The highest BCUT2D eigenvalue weighted by atomic mass is 16.5. The van der Waals surface area contributed by atoms with Gasteiger partial charge in [-0.15, -0.1) is 0 Å². The standard InChI is InChI=1S/2C9H19NO.3C7H15N/c2*1-4-8-5-6-9(7-11-3)10(8)2;3*1-6-4-5-7(2)8(6)3/h2*8-10H,2,4-7H2,1,3H3;3*6-8H,3-5H2,1-2H3/t8-,9+;8-,9-;6-,7+;2*6-,7-/m00.10/s1. The molecule has 0 aromatic rings. The first kappa shape index (κ1) is 43.7. The molecule has 7 nitrogen and oxygen atoms in total. The van der Waals surface area contributed by atoms with Crippen molar-refractivity contribution in [2.75, 3.05) is 27.4 Å². The third-order valence-corrected chi connectivity index (χ3v) is 12.4. The second-order valence-corrected chi connectivity index (χ2v) is 15.7. The van der Waals surface area contributed by atoms with Crippen LogP contribution in [-0.4, -0.2) is 87.9 Å². The van der Waals surface area contributed by atoms with E-state index in [4.69, 9.17) is 9.47 Å². The van der Waals surface area contributed by atoms with Crippen LogP contribution in [0.3, 0.4) is 0 Å². The highest BCUT2D eigenvalue weighted by molar-refractivity contribution is 4.70. The average Bonchev–Trinajstić information content (AvgIpc) is 3.82. The van der Waals surface area contributed by atoms with Gasteiger partial charge in [-0.2, -0.15) is 35.2 Å². The SMILES string of the molecule is [CH2-][NH+]1[C@@H](C)CC[C@@H]1C.[CH2-][NH+]1[C@@H](CC)CC[C@H]1COC.[CH2-][NH+]1[C@@H](COC)CC[C@@H]1CC.[CH2-][NH+]1[C@H](C)CC[C@@H]1C.[CH2-][NH+]1[C@H](C)CC[C@H]1C. The van der Waals surface area contributed by atoms with Crippen LogP contribution in [0.15, 0.2) is 0 Å². The molecule has 0 radical (unpaired) electrons. The third-order valence-electron chi connectivity index (χ3n) is 12.4. The second kappa shape index (κ2) is 23.2. The molecule has 276 valence electrons. The van der Waals surface area contributed by atoms with Crippen molar-refractivity contribution in [1.82, 2.24) is 0 Å². The Morgan fingerprint density at radius 3 is 0.739 bits per heavy atom. The van der Waals surface area contributed by atoms with E-state index in [0.717, 1.165) is 61.5 Å². The number of ether oxygens (including phenoxy) is 2. The maximum Gasteiger partial charge on any atom is 0.0959 e. The summed E-state index contributed by atoms with van der Waals surface area (Å²) in [6, 6.07) is 7.61. The first-order valence-corrected chi connectivity index (χ1v) is 19.1. The minimum absolute atomic E-state index is 0.643. The number of likely N-dealkylation sites (tertiary alicyclic amines) is 5. The Bertz CT molecular complexity index is 648. The predicted octanol–water partition coefficient (Wildman–Crippen LogP) is 1.20. The Morgan fingerprint density at radius 2 is 0.609 bits per heavy atom. The fraction of sp³-hybridized carbons (Fsp3) is 0.872. The average molecular weight is 654 g/mol. The van der Waals surface area contributed by atoms with Gasteiger partial charge >= 0.3 is 0 Å². The minimum atomic E-state index is 0.643. The van der Waals surface area contributed by atoms with Crippen molar-refractivity contribution in [3.63, 3.8) is 0 Å². The van der Waals surface area contributed by atoms with Crippen molar-refractivity contribution < 1.29 is 34.0 Å². The summed E-state index contributed by atoms with van der Waals surface area (Å²) in [6.45, 7) is 19.8. The fourth-order valence-electron chi connectivity index (χ4n) is 8.00. The molecule has 5 aliphatic rings. The van der Waals surface area contributed by atoms with Gasteiger partial charge in [0.25, 0.3) is 0 Å². The lowest BCUT2D eigenvalue weighted by molar-refractivity contribution is -0.892. The molecule has 5 aliphatic heterocycles. The quantitative estimate of drug-likeness (QED) is 0.280. The molecule has 5 N–H and O–H groups in total. The largest absolute Gasteiger partial charge is 0.463 e. The lowest BCUT2D eigenvalue weighted by Crippen LogP contribution is -3.12. The van der Waals surface area contributed by atoms with Gasteiger partial charge in [-0.25, -0.2) is 0 Å². The van der Waals surface area contributed by atoms with Crippen LogP contribution in [0.1, 0.15) is 132 Å². The van der Waals surface area contributed by atoms with Crippen molar-refractivity contribution in [2.24, 2.45) is 0 Å². The molecule has 5 rings (SSSR count). The number of hydrogen-bond donors (Lipinski definition) is 5. The van der Waals surface area contributed by atoms with E-state index >= 15 is 0 Å². The van der Waals surface area contributed by atoms with Crippen molar-refractivity contribution >= 4 is 0 Å². The van der Waals surface area contributed by atoms with E-state index in [1.807, 2.05) is 0 Å². The normalized spacial score (nSPS) is 40.6. The molecule has 5 heterocycles. The summed E-state index contributed by atoms with van der Waals surface area (Å²) in [4.78, 5) is 7.24. The zero-order valence-electron chi connectivity index (χ0n) is 32.5. The molecule has 0 aromatic carbocycles. The van der Waals surface area contributed by atoms with Gasteiger partial charge < -0.3 is 34.0 Å². The van der Waals surface area contributed by atoms with Crippen LogP contribution in [0.2, 0.25) is 0 Å². The Balaban J connectivity index is 0.000000290. The summed E-state index contributed by atoms with van der Waals surface area (Å²) in [5.41, 5.74) is 0. The first-order valence-electron chi connectivity index (χ1n) is 19.1. The van der Waals surface area contributed by atoms with Crippen LogP contribution < -0.4 is 24.5 Å². The molecule has 0 aliphatic carbocycles. The highest BCUT2D eigenvalue weighted by Gasteiger charge is 2.30. The molecule has 0 spiro atoms. The third kappa shape index (κ3) is 14.3. The van der Waals surface area contributed by atoms with Crippen molar-refractivity contribution in [3.05, 3.63) is 35.2 Å². The Labute approximate surface area is 289 Å².